The predicted octanol–water partition coefficient (Wildman–Crippen LogP) is 4.71. The van der Waals surface area contributed by atoms with Gasteiger partial charge in [-0.15, -0.1) is 11.3 Å². The Balaban J connectivity index is 1.74. The molecule has 0 saturated heterocycles. The molecule has 2 N–H and O–H groups in total. The zero-order chi connectivity index (χ0) is 20.6. The maximum atomic E-state index is 12.7. The number of thiophene rings is 1. The van der Waals surface area contributed by atoms with Gasteiger partial charge in [0.1, 0.15) is 5.00 Å². The van der Waals surface area contributed by atoms with Crippen LogP contribution in [0, 0.1) is 0 Å². The van der Waals surface area contributed by atoms with E-state index in [0.717, 1.165) is 16.0 Å². The van der Waals surface area contributed by atoms with Crippen LogP contribution >= 0.6 is 11.3 Å². The van der Waals surface area contributed by atoms with Crippen molar-refractivity contribution in [3.63, 3.8) is 0 Å². The monoisotopic (exact) mass is 408 g/mol. The molecule has 1 unspecified atom stereocenters. The molecule has 0 aliphatic heterocycles. The first kappa shape index (κ1) is 20.8. The molecule has 5 nitrogen and oxygen atoms in total. The third-order valence-corrected chi connectivity index (χ3v) is 5.47. The Kier molecular flexibility index (Phi) is 7.16. The van der Waals surface area contributed by atoms with E-state index in [4.69, 9.17) is 4.74 Å². The van der Waals surface area contributed by atoms with Crippen molar-refractivity contribution in [2.75, 3.05) is 11.9 Å². The van der Waals surface area contributed by atoms with E-state index in [-0.39, 0.29) is 12.5 Å². The molecule has 1 heterocycles. The topological polar surface area (TPSA) is 67.4 Å². The van der Waals surface area contributed by atoms with E-state index in [1.165, 1.54) is 11.3 Å². The Labute approximate surface area is 174 Å². The smallest absolute Gasteiger partial charge is 0.341 e. The second-order valence-corrected chi connectivity index (χ2v) is 7.57. The number of ether oxygens (including phenoxy) is 1. The fraction of sp³-hybridized carbons (Fsp3) is 0.217. The summed E-state index contributed by atoms with van der Waals surface area (Å²) in [4.78, 5) is 26.0. The van der Waals surface area contributed by atoms with Crippen molar-refractivity contribution in [2.45, 2.75) is 26.4 Å². The zero-order valence-electron chi connectivity index (χ0n) is 16.5. The van der Waals surface area contributed by atoms with Crippen LogP contribution in [0.15, 0.2) is 66.7 Å². The molecule has 0 radical (unpaired) electrons. The lowest BCUT2D eigenvalue weighted by Crippen LogP contribution is -2.37. The average molecular weight is 409 g/mol. The molecule has 0 aliphatic carbocycles. The van der Waals surface area contributed by atoms with Crippen LogP contribution in [0.4, 0.5) is 5.00 Å². The van der Waals surface area contributed by atoms with Gasteiger partial charge in [0.25, 0.3) is 0 Å². The molecule has 0 bridgehead atoms. The molecule has 2 aromatic carbocycles. The number of benzene rings is 2. The number of nitrogens with one attached hydrogen (secondary N) is 2. The van der Waals surface area contributed by atoms with Gasteiger partial charge in [0, 0.05) is 11.4 Å². The molecule has 6 heteroatoms. The summed E-state index contributed by atoms with van der Waals surface area (Å²) in [6.45, 7) is 4.42. The third kappa shape index (κ3) is 5.53. The Morgan fingerprint density at radius 2 is 1.69 bits per heavy atom. The van der Waals surface area contributed by atoms with Gasteiger partial charge in [0.05, 0.1) is 18.2 Å². The second-order valence-electron chi connectivity index (χ2n) is 6.52. The molecule has 1 aromatic heterocycles. The highest BCUT2D eigenvalue weighted by Crippen LogP contribution is 2.36. The number of amides is 1. The minimum atomic E-state index is -0.439. The number of esters is 1. The maximum Gasteiger partial charge on any atom is 0.341 e. The summed E-state index contributed by atoms with van der Waals surface area (Å²) in [5.74, 6) is -0.640. The summed E-state index contributed by atoms with van der Waals surface area (Å²) >= 11 is 1.37. The summed E-state index contributed by atoms with van der Waals surface area (Å²) in [7, 11) is 0. The Morgan fingerprint density at radius 1 is 1.03 bits per heavy atom. The summed E-state index contributed by atoms with van der Waals surface area (Å²) in [6, 6.07) is 21.0. The number of carbonyl (C=O) groups is 2. The standard InChI is InChI=1S/C23H24N2O3S/c1-3-28-23(27)19-14-20(18-12-8-5-9-13-18)29-22(19)25-21(26)16(2)24-15-17-10-6-4-7-11-17/h4-14,16,24H,3,15H2,1-2H3,(H,25,26). The van der Waals surface area contributed by atoms with E-state index in [0.29, 0.717) is 17.1 Å². The van der Waals surface area contributed by atoms with E-state index in [9.17, 15) is 9.59 Å². The Hall–Kier alpha value is -2.96. The van der Waals surface area contributed by atoms with Gasteiger partial charge in [-0.05, 0) is 31.0 Å². The van der Waals surface area contributed by atoms with Gasteiger partial charge in [0.2, 0.25) is 5.91 Å². The first-order valence-corrected chi connectivity index (χ1v) is 10.3. The summed E-state index contributed by atoms with van der Waals surface area (Å²) in [5.41, 5.74) is 2.46. The first-order chi connectivity index (χ1) is 14.1. The van der Waals surface area contributed by atoms with Crippen LogP contribution in [0.1, 0.15) is 29.8 Å². The second kappa shape index (κ2) is 10.0. The minimum Gasteiger partial charge on any atom is -0.462 e. The molecule has 3 aromatic rings. The predicted molar refractivity (Wildman–Crippen MR) is 117 cm³/mol. The lowest BCUT2D eigenvalue weighted by atomic mass is 10.1. The number of anilines is 1. The highest BCUT2D eigenvalue weighted by molar-refractivity contribution is 7.20. The van der Waals surface area contributed by atoms with Gasteiger partial charge < -0.3 is 15.4 Å². The average Bonchev–Trinajstić information content (AvgIpc) is 3.17. The number of rotatable bonds is 8. The van der Waals surface area contributed by atoms with Crippen LogP contribution in [0.2, 0.25) is 0 Å². The van der Waals surface area contributed by atoms with Crippen LogP contribution in [0.25, 0.3) is 10.4 Å². The lowest BCUT2D eigenvalue weighted by Gasteiger charge is -2.14. The number of hydrogen-bond donors (Lipinski definition) is 2. The van der Waals surface area contributed by atoms with Gasteiger partial charge in [-0.1, -0.05) is 60.7 Å². The van der Waals surface area contributed by atoms with Crippen molar-refractivity contribution in [1.29, 1.82) is 0 Å². The lowest BCUT2D eigenvalue weighted by molar-refractivity contribution is -0.117. The van der Waals surface area contributed by atoms with Crippen molar-refractivity contribution < 1.29 is 14.3 Å². The normalized spacial score (nSPS) is 11.7. The zero-order valence-corrected chi connectivity index (χ0v) is 17.3. The Morgan fingerprint density at radius 3 is 2.34 bits per heavy atom. The maximum absolute atomic E-state index is 12.7. The molecule has 150 valence electrons. The highest BCUT2D eigenvalue weighted by atomic mass is 32.1. The van der Waals surface area contributed by atoms with Gasteiger partial charge in [0.15, 0.2) is 0 Å². The molecule has 1 atom stereocenters. The van der Waals surface area contributed by atoms with E-state index < -0.39 is 12.0 Å². The van der Waals surface area contributed by atoms with Crippen molar-refractivity contribution in [3.05, 3.63) is 77.9 Å². The van der Waals surface area contributed by atoms with Crippen LogP contribution in [-0.4, -0.2) is 24.5 Å². The summed E-state index contributed by atoms with van der Waals surface area (Å²) < 4.78 is 5.17. The van der Waals surface area contributed by atoms with Gasteiger partial charge >= 0.3 is 5.97 Å². The molecular formula is C23H24N2O3S. The SMILES string of the molecule is CCOC(=O)c1cc(-c2ccccc2)sc1NC(=O)C(C)NCc1ccccc1. The largest absolute Gasteiger partial charge is 0.462 e. The van der Waals surface area contributed by atoms with Crippen molar-refractivity contribution >= 4 is 28.2 Å². The fourth-order valence-electron chi connectivity index (χ4n) is 2.77. The molecule has 3 rings (SSSR count). The summed E-state index contributed by atoms with van der Waals surface area (Å²) in [6.07, 6.45) is 0. The van der Waals surface area contributed by atoms with Crippen LogP contribution in [-0.2, 0) is 16.1 Å². The van der Waals surface area contributed by atoms with E-state index in [1.807, 2.05) is 60.7 Å². The quantitative estimate of drug-likeness (QED) is 0.530. The number of carbonyl (C=O) groups excluding carboxylic acids is 2. The van der Waals surface area contributed by atoms with Crippen molar-refractivity contribution in [3.8, 4) is 10.4 Å². The van der Waals surface area contributed by atoms with Gasteiger partial charge in [-0.2, -0.15) is 0 Å². The van der Waals surface area contributed by atoms with E-state index >= 15 is 0 Å². The molecule has 0 spiro atoms. The van der Waals surface area contributed by atoms with Crippen LogP contribution in [0.3, 0.4) is 0 Å². The summed E-state index contributed by atoms with van der Waals surface area (Å²) in [5, 5.41) is 6.60. The molecule has 1 amide bonds. The first-order valence-electron chi connectivity index (χ1n) is 9.53. The van der Waals surface area contributed by atoms with Crippen LogP contribution in [0.5, 0.6) is 0 Å². The van der Waals surface area contributed by atoms with E-state index in [1.54, 1.807) is 19.9 Å². The molecule has 0 saturated carbocycles. The Bertz CT molecular complexity index is 955. The van der Waals surface area contributed by atoms with Crippen molar-refractivity contribution in [2.24, 2.45) is 0 Å². The third-order valence-electron chi connectivity index (χ3n) is 4.37. The number of hydrogen-bond acceptors (Lipinski definition) is 5. The molecule has 0 fully saturated rings. The highest BCUT2D eigenvalue weighted by Gasteiger charge is 2.21. The minimum absolute atomic E-state index is 0.201. The fourth-order valence-corrected chi connectivity index (χ4v) is 3.82. The van der Waals surface area contributed by atoms with Gasteiger partial charge in [-0.25, -0.2) is 4.79 Å². The van der Waals surface area contributed by atoms with E-state index in [2.05, 4.69) is 10.6 Å². The van der Waals surface area contributed by atoms with Gasteiger partial charge in [-0.3, -0.25) is 4.79 Å². The van der Waals surface area contributed by atoms with Crippen molar-refractivity contribution in [1.82, 2.24) is 5.32 Å². The molecular weight excluding hydrogens is 384 g/mol. The molecule has 0 aliphatic rings. The molecule has 29 heavy (non-hydrogen) atoms. The van der Waals surface area contributed by atoms with Crippen LogP contribution < -0.4 is 10.6 Å².